The zero-order valence-corrected chi connectivity index (χ0v) is 8.75. The molecule has 0 saturated carbocycles. The molecule has 2 atom stereocenters. The predicted octanol–water partition coefficient (Wildman–Crippen LogP) is 1.47. The fourth-order valence-corrected chi connectivity index (χ4v) is 1.74. The lowest BCUT2D eigenvalue weighted by atomic mass is 10.2. The van der Waals surface area contributed by atoms with E-state index in [1.54, 1.807) is 17.5 Å². The number of aliphatic hydroxyl groups is 1. The summed E-state index contributed by atoms with van der Waals surface area (Å²) in [6, 6.07) is 0. The molecule has 0 radical (unpaired) electrons. The lowest BCUT2D eigenvalue weighted by molar-refractivity contribution is -0.0208. The molecule has 0 aromatic carbocycles. The Bertz CT molecular complexity index is 226. The third kappa shape index (κ3) is 3.42. The molecule has 0 spiro atoms. The molecule has 0 amide bonds. The molecule has 0 aliphatic heterocycles. The third-order valence-corrected chi connectivity index (χ3v) is 2.64. The van der Waals surface area contributed by atoms with Crippen LogP contribution in [0.25, 0.3) is 0 Å². The van der Waals surface area contributed by atoms with Gasteiger partial charge >= 0.3 is 0 Å². The quantitative estimate of drug-likeness (QED) is 0.784. The van der Waals surface area contributed by atoms with Crippen LogP contribution < -0.4 is 0 Å². The van der Waals surface area contributed by atoms with E-state index in [2.05, 4.69) is 4.98 Å². The summed E-state index contributed by atoms with van der Waals surface area (Å²) in [6.45, 7) is 4.44. The van der Waals surface area contributed by atoms with Crippen LogP contribution >= 0.6 is 11.3 Å². The van der Waals surface area contributed by atoms with Crippen LogP contribution in [0.2, 0.25) is 0 Å². The number of aromatic nitrogens is 1. The molecular weight excluding hydrogens is 186 g/mol. The van der Waals surface area contributed by atoms with Crippen molar-refractivity contribution < 1.29 is 9.84 Å². The normalized spacial score (nSPS) is 15.6. The number of nitrogens with zero attached hydrogens (tertiary/aromatic N) is 1. The van der Waals surface area contributed by atoms with Gasteiger partial charge in [0.25, 0.3) is 0 Å². The van der Waals surface area contributed by atoms with Crippen molar-refractivity contribution in [2.24, 2.45) is 0 Å². The van der Waals surface area contributed by atoms with Gasteiger partial charge in [0, 0.05) is 24.6 Å². The van der Waals surface area contributed by atoms with Crippen LogP contribution in [0.1, 0.15) is 18.9 Å². The van der Waals surface area contributed by atoms with Gasteiger partial charge in [-0.3, -0.25) is 0 Å². The number of hydrogen-bond donors (Lipinski definition) is 1. The maximum Gasteiger partial charge on any atom is 0.0951 e. The zero-order valence-electron chi connectivity index (χ0n) is 7.93. The molecule has 1 N–H and O–H groups in total. The largest absolute Gasteiger partial charge is 0.390 e. The van der Waals surface area contributed by atoms with Crippen LogP contribution in [0.3, 0.4) is 0 Å². The maximum absolute atomic E-state index is 9.66. The smallest absolute Gasteiger partial charge is 0.0951 e. The van der Waals surface area contributed by atoms with Crippen molar-refractivity contribution >= 4 is 11.3 Å². The monoisotopic (exact) mass is 201 g/mol. The second-order valence-electron chi connectivity index (χ2n) is 2.86. The van der Waals surface area contributed by atoms with Crippen molar-refractivity contribution in [3.05, 3.63) is 16.6 Å². The second-order valence-corrected chi connectivity index (χ2v) is 3.84. The summed E-state index contributed by atoms with van der Waals surface area (Å²) in [5, 5.41) is 12.5. The maximum atomic E-state index is 9.66. The Balaban J connectivity index is 2.36. The van der Waals surface area contributed by atoms with Gasteiger partial charge in [-0.2, -0.15) is 0 Å². The predicted molar refractivity (Wildman–Crippen MR) is 52.9 cm³/mol. The SMILES string of the molecule is CCOC(C)C(O)Cc1nccs1. The van der Waals surface area contributed by atoms with Crippen LogP contribution in [0.5, 0.6) is 0 Å². The number of rotatable bonds is 5. The van der Waals surface area contributed by atoms with Gasteiger partial charge in [-0.15, -0.1) is 11.3 Å². The lowest BCUT2D eigenvalue weighted by Gasteiger charge is -2.17. The van der Waals surface area contributed by atoms with Gasteiger partial charge < -0.3 is 9.84 Å². The van der Waals surface area contributed by atoms with E-state index in [0.29, 0.717) is 13.0 Å². The van der Waals surface area contributed by atoms with Crippen molar-refractivity contribution in [1.82, 2.24) is 4.98 Å². The molecule has 1 rings (SSSR count). The summed E-state index contributed by atoms with van der Waals surface area (Å²) < 4.78 is 5.28. The number of aliphatic hydroxyl groups excluding tert-OH is 1. The molecule has 1 aromatic heterocycles. The van der Waals surface area contributed by atoms with Gasteiger partial charge in [0.2, 0.25) is 0 Å². The molecule has 13 heavy (non-hydrogen) atoms. The highest BCUT2D eigenvalue weighted by atomic mass is 32.1. The van der Waals surface area contributed by atoms with Crippen molar-refractivity contribution in [3.63, 3.8) is 0 Å². The highest BCUT2D eigenvalue weighted by Crippen LogP contribution is 2.10. The molecular formula is C9H15NO2S. The first kappa shape index (κ1) is 10.6. The van der Waals surface area contributed by atoms with Gasteiger partial charge in [-0.1, -0.05) is 0 Å². The van der Waals surface area contributed by atoms with Gasteiger partial charge in [0.1, 0.15) is 0 Å². The molecule has 0 bridgehead atoms. The molecule has 0 aliphatic carbocycles. The zero-order chi connectivity index (χ0) is 9.68. The Kier molecular flexibility index (Phi) is 4.35. The van der Waals surface area contributed by atoms with E-state index in [-0.39, 0.29) is 6.10 Å². The molecule has 74 valence electrons. The minimum Gasteiger partial charge on any atom is -0.390 e. The minimum atomic E-state index is -0.453. The number of ether oxygens (including phenoxy) is 1. The second kappa shape index (κ2) is 5.32. The Morgan fingerprint density at radius 2 is 2.46 bits per heavy atom. The summed E-state index contributed by atoms with van der Waals surface area (Å²) in [4.78, 5) is 4.10. The van der Waals surface area contributed by atoms with Gasteiger partial charge in [-0.25, -0.2) is 4.98 Å². The standard InChI is InChI=1S/C9H15NO2S/c1-3-12-7(2)8(11)6-9-10-4-5-13-9/h4-5,7-8,11H,3,6H2,1-2H3. The van der Waals surface area contributed by atoms with Crippen LogP contribution in [0.4, 0.5) is 0 Å². The number of thiazole rings is 1. The van der Waals surface area contributed by atoms with E-state index in [4.69, 9.17) is 4.74 Å². The molecule has 3 nitrogen and oxygen atoms in total. The summed E-state index contributed by atoms with van der Waals surface area (Å²) in [6.07, 6.45) is 1.76. The highest BCUT2D eigenvalue weighted by molar-refractivity contribution is 7.09. The van der Waals surface area contributed by atoms with E-state index in [0.717, 1.165) is 5.01 Å². The van der Waals surface area contributed by atoms with Crippen LogP contribution in [-0.4, -0.2) is 28.9 Å². The summed E-state index contributed by atoms with van der Waals surface area (Å²) >= 11 is 1.56. The fraction of sp³-hybridized carbons (Fsp3) is 0.667. The third-order valence-electron chi connectivity index (χ3n) is 1.84. The van der Waals surface area contributed by atoms with Gasteiger partial charge in [0.15, 0.2) is 0 Å². The highest BCUT2D eigenvalue weighted by Gasteiger charge is 2.15. The average Bonchev–Trinajstić information content (AvgIpc) is 2.57. The summed E-state index contributed by atoms with van der Waals surface area (Å²) in [5.41, 5.74) is 0. The Hall–Kier alpha value is -0.450. The van der Waals surface area contributed by atoms with Crippen molar-refractivity contribution in [3.8, 4) is 0 Å². The van der Waals surface area contributed by atoms with Crippen LogP contribution in [-0.2, 0) is 11.2 Å². The van der Waals surface area contributed by atoms with Crippen molar-refractivity contribution in [2.75, 3.05) is 6.61 Å². The van der Waals surface area contributed by atoms with E-state index >= 15 is 0 Å². The minimum absolute atomic E-state index is 0.117. The Morgan fingerprint density at radius 3 is 3.00 bits per heavy atom. The molecule has 0 aliphatic rings. The van der Waals surface area contributed by atoms with Crippen LogP contribution in [0, 0.1) is 0 Å². The average molecular weight is 201 g/mol. The first-order chi connectivity index (χ1) is 6.24. The van der Waals surface area contributed by atoms with E-state index in [1.807, 2.05) is 19.2 Å². The van der Waals surface area contributed by atoms with E-state index in [9.17, 15) is 5.11 Å². The lowest BCUT2D eigenvalue weighted by Crippen LogP contribution is -2.27. The molecule has 4 heteroatoms. The van der Waals surface area contributed by atoms with E-state index < -0.39 is 6.10 Å². The fourth-order valence-electron chi connectivity index (χ4n) is 1.07. The van der Waals surface area contributed by atoms with Gasteiger partial charge in [0.05, 0.1) is 17.2 Å². The Labute approximate surface area is 82.4 Å². The van der Waals surface area contributed by atoms with Crippen molar-refractivity contribution in [1.29, 1.82) is 0 Å². The topological polar surface area (TPSA) is 42.4 Å². The van der Waals surface area contributed by atoms with Gasteiger partial charge in [-0.05, 0) is 13.8 Å². The van der Waals surface area contributed by atoms with Crippen LogP contribution in [0.15, 0.2) is 11.6 Å². The van der Waals surface area contributed by atoms with Crippen molar-refractivity contribution in [2.45, 2.75) is 32.5 Å². The summed E-state index contributed by atoms with van der Waals surface area (Å²) in [5.74, 6) is 0. The first-order valence-electron chi connectivity index (χ1n) is 4.42. The first-order valence-corrected chi connectivity index (χ1v) is 5.30. The number of hydrogen-bond acceptors (Lipinski definition) is 4. The molecule has 2 unspecified atom stereocenters. The molecule has 0 fully saturated rings. The Morgan fingerprint density at radius 1 is 1.69 bits per heavy atom. The summed E-state index contributed by atoms with van der Waals surface area (Å²) in [7, 11) is 0. The molecule has 1 aromatic rings. The molecule has 0 saturated heterocycles. The molecule has 1 heterocycles. The van der Waals surface area contributed by atoms with E-state index in [1.165, 1.54) is 0 Å².